The first kappa shape index (κ1) is 19.3. The van der Waals surface area contributed by atoms with Gasteiger partial charge in [0.25, 0.3) is 0 Å². The minimum absolute atomic E-state index is 0.135. The minimum Gasteiger partial charge on any atom is -0.353 e. The maximum absolute atomic E-state index is 12.7. The number of aromatic nitrogens is 2. The molecule has 3 unspecified atom stereocenters. The van der Waals surface area contributed by atoms with Crippen LogP contribution in [0.5, 0.6) is 0 Å². The third-order valence-corrected chi connectivity index (χ3v) is 4.51. The Morgan fingerprint density at radius 2 is 2.00 bits per heavy atom. The fourth-order valence-corrected chi connectivity index (χ4v) is 3.15. The molecule has 2 aromatic rings. The van der Waals surface area contributed by atoms with Crippen LogP contribution in [-0.4, -0.2) is 34.4 Å². The molecule has 0 saturated carbocycles. The van der Waals surface area contributed by atoms with E-state index in [1.807, 2.05) is 30.3 Å². The molecule has 1 fully saturated rings. The van der Waals surface area contributed by atoms with Crippen molar-refractivity contribution in [3.05, 3.63) is 53.3 Å². The predicted molar refractivity (Wildman–Crippen MR) is 92.2 cm³/mol. The number of amides is 1. The van der Waals surface area contributed by atoms with Crippen LogP contribution in [0.15, 0.2) is 36.4 Å². The lowest BCUT2D eigenvalue weighted by Crippen LogP contribution is -2.46. The number of hydrazine groups is 1. The Morgan fingerprint density at radius 1 is 1.30 bits per heavy atom. The first-order valence-electron chi connectivity index (χ1n) is 8.48. The van der Waals surface area contributed by atoms with E-state index in [2.05, 4.69) is 21.3 Å². The van der Waals surface area contributed by atoms with Crippen LogP contribution < -0.4 is 21.9 Å². The lowest BCUT2D eigenvalue weighted by Gasteiger charge is -2.20. The Balaban J connectivity index is 1.60. The van der Waals surface area contributed by atoms with E-state index in [-0.39, 0.29) is 24.9 Å². The van der Waals surface area contributed by atoms with E-state index in [4.69, 9.17) is 5.73 Å². The maximum atomic E-state index is 12.7. The van der Waals surface area contributed by atoms with E-state index < -0.39 is 24.1 Å². The average Bonchev–Trinajstić information content (AvgIpc) is 3.18. The van der Waals surface area contributed by atoms with Gasteiger partial charge in [0.1, 0.15) is 6.04 Å². The summed E-state index contributed by atoms with van der Waals surface area (Å²) in [6.45, 7) is 1.82. The van der Waals surface area contributed by atoms with Gasteiger partial charge in [-0.2, -0.15) is 18.3 Å². The fourth-order valence-electron chi connectivity index (χ4n) is 3.15. The number of rotatable bonds is 5. The van der Waals surface area contributed by atoms with Gasteiger partial charge in [0.2, 0.25) is 5.91 Å². The summed E-state index contributed by atoms with van der Waals surface area (Å²) < 4.78 is 39.3. The molecule has 10 heteroatoms. The molecule has 1 aliphatic heterocycles. The Bertz CT molecular complexity index is 792. The van der Waals surface area contributed by atoms with Gasteiger partial charge in [0.15, 0.2) is 5.69 Å². The molecule has 0 spiro atoms. The molecule has 1 aliphatic rings. The standard InChI is InChI=1S/C17H21F3N6O/c1-10-9-12(17(18,19)20)25-26(10)8-7-22-16(27)14-13(15(21)24-23-14)11-5-3-2-4-6-11/h2-6,9,13-15,23-24H,7-8,21H2,1H3,(H,22,27). The molecule has 7 nitrogen and oxygen atoms in total. The van der Waals surface area contributed by atoms with Crippen molar-refractivity contribution in [1.82, 2.24) is 25.9 Å². The first-order valence-corrected chi connectivity index (χ1v) is 8.48. The second kappa shape index (κ2) is 7.67. The van der Waals surface area contributed by atoms with Crippen molar-refractivity contribution in [2.75, 3.05) is 6.54 Å². The number of alkyl halides is 3. The van der Waals surface area contributed by atoms with E-state index in [9.17, 15) is 18.0 Å². The molecular formula is C17H21F3N6O. The summed E-state index contributed by atoms with van der Waals surface area (Å²) in [6, 6.07) is 9.79. The van der Waals surface area contributed by atoms with Crippen molar-refractivity contribution in [1.29, 1.82) is 0 Å². The summed E-state index contributed by atoms with van der Waals surface area (Å²) in [5.41, 5.74) is 12.1. The summed E-state index contributed by atoms with van der Waals surface area (Å²) in [4.78, 5) is 12.5. The van der Waals surface area contributed by atoms with Gasteiger partial charge in [0.05, 0.1) is 12.7 Å². The summed E-state index contributed by atoms with van der Waals surface area (Å²) in [6.07, 6.45) is -4.93. The molecule has 3 atom stereocenters. The highest BCUT2D eigenvalue weighted by Gasteiger charge is 2.39. The largest absolute Gasteiger partial charge is 0.435 e. The lowest BCUT2D eigenvalue weighted by atomic mass is 9.90. The topological polar surface area (TPSA) is 97.0 Å². The summed E-state index contributed by atoms with van der Waals surface area (Å²) in [5, 5.41) is 6.27. The van der Waals surface area contributed by atoms with Crippen LogP contribution >= 0.6 is 0 Å². The Kier molecular flexibility index (Phi) is 5.49. The van der Waals surface area contributed by atoms with Gasteiger partial charge in [-0.1, -0.05) is 30.3 Å². The molecule has 27 heavy (non-hydrogen) atoms. The second-order valence-corrected chi connectivity index (χ2v) is 6.41. The van der Waals surface area contributed by atoms with Gasteiger partial charge >= 0.3 is 6.18 Å². The zero-order valence-electron chi connectivity index (χ0n) is 14.6. The van der Waals surface area contributed by atoms with Crippen LogP contribution in [0.3, 0.4) is 0 Å². The van der Waals surface area contributed by atoms with E-state index in [1.165, 1.54) is 11.6 Å². The monoisotopic (exact) mass is 382 g/mol. The SMILES string of the molecule is Cc1cc(C(F)(F)F)nn1CCNC(=O)C1NNC(N)C1c1ccccc1. The zero-order chi connectivity index (χ0) is 19.6. The highest BCUT2D eigenvalue weighted by molar-refractivity contribution is 5.83. The molecule has 2 heterocycles. The summed E-state index contributed by atoms with van der Waals surface area (Å²) in [5.74, 6) is -0.556. The number of aryl methyl sites for hydroxylation is 1. The fraction of sp³-hybridized carbons (Fsp3) is 0.412. The Labute approximate surface area is 154 Å². The number of halogens is 3. The van der Waals surface area contributed by atoms with Crippen molar-refractivity contribution in [3.63, 3.8) is 0 Å². The molecule has 0 aliphatic carbocycles. The van der Waals surface area contributed by atoms with E-state index in [0.717, 1.165) is 11.6 Å². The Morgan fingerprint density at radius 3 is 2.63 bits per heavy atom. The number of carbonyl (C=O) groups is 1. The first-order chi connectivity index (χ1) is 12.8. The zero-order valence-corrected chi connectivity index (χ0v) is 14.6. The van der Waals surface area contributed by atoms with Gasteiger partial charge in [-0.25, -0.2) is 10.9 Å². The van der Waals surface area contributed by atoms with Crippen LogP contribution in [-0.2, 0) is 17.5 Å². The van der Waals surface area contributed by atoms with Gasteiger partial charge in [-0.05, 0) is 18.6 Å². The van der Waals surface area contributed by atoms with Crippen molar-refractivity contribution < 1.29 is 18.0 Å². The van der Waals surface area contributed by atoms with Crippen LogP contribution in [0.25, 0.3) is 0 Å². The smallest absolute Gasteiger partial charge is 0.353 e. The van der Waals surface area contributed by atoms with Crippen molar-refractivity contribution in [2.24, 2.45) is 5.73 Å². The molecule has 146 valence electrons. The highest BCUT2D eigenvalue weighted by atomic mass is 19.4. The molecule has 0 radical (unpaired) electrons. The second-order valence-electron chi connectivity index (χ2n) is 6.41. The highest BCUT2D eigenvalue weighted by Crippen LogP contribution is 2.28. The third-order valence-electron chi connectivity index (χ3n) is 4.51. The third kappa shape index (κ3) is 4.29. The number of nitrogens with one attached hydrogen (secondary N) is 3. The average molecular weight is 382 g/mol. The van der Waals surface area contributed by atoms with Gasteiger partial charge in [-0.3, -0.25) is 9.48 Å². The normalized spacial score (nSPS) is 22.8. The molecule has 0 bridgehead atoms. The quantitative estimate of drug-likeness (QED) is 0.615. The molecule has 5 N–H and O–H groups in total. The number of carbonyl (C=O) groups excluding carboxylic acids is 1. The van der Waals surface area contributed by atoms with E-state index in [0.29, 0.717) is 5.69 Å². The van der Waals surface area contributed by atoms with Crippen molar-refractivity contribution >= 4 is 5.91 Å². The minimum atomic E-state index is -4.49. The number of nitrogens with zero attached hydrogens (tertiary/aromatic N) is 2. The molecule has 3 rings (SSSR count). The van der Waals surface area contributed by atoms with Crippen LogP contribution in [0.1, 0.15) is 22.9 Å². The van der Waals surface area contributed by atoms with Gasteiger partial charge in [0, 0.05) is 18.2 Å². The van der Waals surface area contributed by atoms with E-state index in [1.54, 1.807) is 0 Å². The van der Waals surface area contributed by atoms with Gasteiger partial charge < -0.3 is 11.1 Å². The molecule has 1 amide bonds. The maximum Gasteiger partial charge on any atom is 0.435 e. The van der Waals surface area contributed by atoms with E-state index >= 15 is 0 Å². The molecular weight excluding hydrogens is 361 g/mol. The molecule has 1 saturated heterocycles. The number of hydrogen-bond acceptors (Lipinski definition) is 5. The molecule has 1 aromatic heterocycles. The van der Waals surface area contributed by atoms with Crippen LogP contribution in [0.2, 0.25) is 0 Å². The number of hydrogen-bond donors (Lipinski definition) is 4. The van der Waals surface area contributed by atoms with Gasteiger partial charge in [-0.15, -0.1) is 0 Å². The lowest BCUT2D eigenvalue weighted by molar-refractivity contribution is -0.141. The predicted octanol–water partition coefficient (Wildman–Crippen LogP) is 0.872. The molecule has 1 aromatic carbocycles. The van der Waals surface area contributed by atoms with Crippen LogP contribution in [0.4, 0.5) is 13.2 Å². The Hall–Kier alpha value is -2.43. The summed E-state index contributed by atoms with van der Waals surface area (Å²) >= 11 is 0. The van der Waals surface area contributed by atoms with Crippen LogP contribution in [0, 0.1) is 6.92 Å². The van der Waals surface area contributed by atoms with Crippen molar-refractivity contribution in [3.8, 4) is 0 Å². The van der Waals surface area contributed by atoms with Crippen molar-refractivity contribution in [2.45, 2.75) is 37.8 Å². The summed E-state index contributed by atoms with van der Waals surface area (Å²) in [7, 11) is 0. The number of nitrogens with two attached hydrogens (primary N) is 1. The number of benzene rings is 1.